The number of aryl methyl sites for hydroxylation is 1. The number of nitrogens with zero attached hydrogens (tertiary/aromatic N) is 3. The Morgan fingerprint density at radius 1 is 1.43 bits per heavy atom. The number of pyridine rings is 1. The molecule has 5 heteroatoms. The van der Waals surface area contributed by atoms with Crippen molar-refractivity contribution >= 4 is 17.5 Å². The number of aromatic nitrogens is 3. The second kappa shape index (κ2) is 3.71. The van der Waals surface area contributed by atoms with Gasteiger partial charge >= 0.3 is 0 Å². The van der Waals surface area contributed by atoms with Crippen LogP contribution in [0.4, 0.5) is 5.95 Å². The van der Waals surface area contributed by atoms with Gasteiger partial charge in [-0.3, -0.25) is 4.98 Å². The first-order valence-corrected chi connectivity index (χ1v) is 5.11. The van der Waals surface area contributed by atoms with Gasteiger partial charge in [0.05, 0.1) is 0 Å². The summed E-state index contributed by atoms with van der Waals surface area (Å²) in [4.78, 5) is 8.36. The molecule has 2 N–H and O–H groups in total. The third kappa shape index (κ3) is 1.72. The number of nitrogens with two attached hydrogens (primary N) is 1. The average Bonchev–Trinajstić information content (AvgIpc) is 2.65. The summed E-state index contributed by atoms with van der Waals surface area (Å²) in [6.07, 6.45) is 2.75. The van der Waals surface area contributed by atoms with E-state index in [9.17, 15) is 0 Å². The summed E-state index contributed by atoms with van der Waals surface area (Å²) >= 11 is 1.29. The molecule has 2 rings (SSSR count). The molecule has 0 bridgehead atoms. The van der Waals surface area contributed by atoms with E-state index < -0.39 is 0 Å². The van der Waals surface area contributed by atoms with Crippen molar-refractivity contribution in [3.05, 3.63) is 24.0 Å². The summed E-state index contributed by atoms with van der Waals surface area (Å²) in [6, 6.07) is 3.98. The van der Waals surface area contributed by atoms with Gasteiger partial charge in [-0.1, -0.05) is 6.92 Å². The smallest absolute Gasteiger partial charge is 0.232 e. The molecular formula is C9H10N4S. The van der Waals surface area contributed by atoms with E-state index >= 15 is 0 Å². The van der Waals surface area contributed by atoms with Gasteiger partial charge in [0.2, 0.25) is 5.95 Å². The van der Waals surface area contributed by atoms with Crippen molar-refractivity contribution in [2.45, 2.75) is 13.3 Å². The summed E-state index contributed by atoms with van der Waals surface area (Å²) < 4.78 is 3.92. The largest absolute Gasteiger partial charge is 0.367 e. The van der Waals surface area contributed by atoms with Crippen LogP contribution in [0, 0.1) is 0 Å². The first-order valence-electron chi connectivity index (χ1n) is 4.34. The van der Waals surface area contributed by atoms with E-state index in [-0.39, 0.29) is 0 Å². The molecule has 0 unspecified atom stereocenters. The minimum Gasteiger partial charge on any atom is -0.367 e. The molecule has 2 aromatic rings. The molecule has 2 aromatic heterocycles. The number of hydrogen-bond acceptors (Lipinski definition) is 5. The van der Waals surface area contributed by atoms with Crippen LogP contribution in [-0.2, 0) is 6.42 Å². The van der Waals surface area contributed by atoms with Crippen molar-refractivity contribution in [1.29, 1.82) is 0 Å². The van der Waals surface area contributed by atoms with Crippen molar-refractivity contribution in [3.8, 4) is 10.6 Å². The zero-order valence-corrected chi connectivity index (χ0v) is 8.58. The van der Waals surface area contributed by atoms with E-state index in [0.29, 0.717) is 5.95 Å². The molecular weight excluding hydrogens is 196 g/mol. The summed E-state index contributed by atoms with van der Waals surface area (Å²) in [5.74, 6) is 0.324. The fraction of sp³-hybridized carbons (Fsp3) is 0.222. The molecule has 0 aliphatic rings. The Morgan fingerprint density at radius 3 is 2.79 bits per heavy atom. The molecule has 0 spiro atoms. The maximum absolute atomic E-state index is 5.44. The summed E-state index contributed by atoms with van der Waals surface area (Å²) in [7, 11) is 0. The Bertz CT molecular complexity index is 421. The lowest BCUT2D eigenvalue weighted by Gasteiger charge is -1.96. The van der Waals surface area contributed by atoms with Crippen LogP contribution in [0.1, 0.15) is 12.6 Å². The van der Waals surface area contributed by atoms with Crippen LogP contribution in [-0.4, -0.2) is 14.3 Å². The van der Waals surface area contributed by atoms with Crippen LogP contribution in [0.2, 0.25) is 0 Å². The fourth-order valence-electron chi connectivity index (χ4n) is 1.11. The molecule has 0 aliphatic heterocycles. The number of nitrogen functional groups attached to an aromatic ring is 1. The van der Waals surface area contributed by atoms with Crippen LogP contribution in [0.25, 0.3) is 10.6 Å². The lowest BCUT2D eigenvalue weighted by atomic mass is 10.2. The Balaban J connectivity index is 2.33. The van der Waals surface area contributed by atoms with Gasteiger partial charge in [-0.2, -0.15) is 9.36 Å². The van der Waals surface area contributed by atoms with Gasteiger partial charge in [-0.15, -0.1) is 0 Å². The van der Waals surface area contributed by atoms with Crippen LogP contribution in [0.15, 0.2) is 18.3 Å². The highest BCUT2D eigenvalue weighted by atomic mass is 32.1. The highest BCUT2D eigenvalue weighted by Crippen LogP contribution is 2.21. The molecule has 0 aliphatic carbocycles. The van der Waals surface area contributed by atoms with E-state index in [1.54, 1.807) is 6.20 Å². The zero-order chi connectivity index (χ0) is 9.97. The normalized spacial score (nSPS) is 10.4. The van der Waals surface area contributed by atoms with Gasteiger partial charge in [-0.05, 0) is 30.1 Å². The molecule has 0 fully saturated rings. The van der Waals surface area contributed by atoms with Crippen molar-refractivity contribution in [3.63, 3.8) is 0 Å². The van der Waals surface area contributed by atoms with Crippen molar-refractivity contribution in [2.75, 3.05) is 5.73 Å². The van der Waals surface area contributed by atoms with Gasteiger partial charge in [0.25, 0.3) is 0 Å². The Hall–Kier alpha value is -1.49. The summed E-state index contributed by atoms with van der Waals surface area (Å²) in [5.41, 5.74) is 7.48. The van der Waals surface area contributed by atoms with Crippen molar-refractivity contribution in [1.82, 2.24) is 14.3 Å². The molecule has 0 saturated heterocycles. The van der Waals surface area contributed by atoms with Gasteiger partial charge in [0.1, 0.15) is 5.01 Å². The van der Waals surface area contributed by atoms with E-state index in [0.717, 1.165) is 22.7 Å². The maximum atomic E-state index is 5.44. The molecule has 0 amide bonds. The Morgan fingerprint density at radius 2 is 2.29 bits per heavy atom. The number of anilines is 1. The molecule has 72 valence electrons. The van der Waals surface area contributed by atoms with E-state index in [2.05, 4.69) is 21.3 Å². The first-order chi connectivity index (χ1) is 6.79. The topological polar surface area (TPSA) is 64.7 Å². The molecule has 0 aromatic carbocycles. The lowest BCUT2D eigenvalue weighted by molar-refractivity contribution is 1.04. The van der Waals surface area contributed by atoms with Gasteiger partial charge < -0.3 is 5.73 Å². The number of rotatable bonds is 2. The van der Waals surface area contributed by atoms with Gasteiger partial charge in [0, 0.05) is 17.5 Å². The molecule has 14 heavy (non-hydrogen) atoms. The second-order valence-electron chi connectivity index (χ2n) is 2.85. The van der Waals surface area contributed by atoms with E-state index in [1.165, 1.54) is 11.5 Å². The SMILES string of the molecule is CCc1ccc(-c2nc(N)ns2)cn1. The highest BCUT2D eigenvalue weighted by Gasteiger charge is 2.03. The summed E-state index contributed by atoms with van der Waals surface area (Å²) in [5, 5.41) is 0.817. The second-order valence-corrected chi connectivity index (χ2v) is 3.60. The standard InChI is InChI=1S/C9H10N4S/c1-2-7-4-3-6(5-11-7)8-12-9(10)13-14-8/h3-5H,2H2,1H3,(H2,10,13). The maximum Gasteiger partial charge on any atom is 0.232 e. The van der Waals surface area contributed by atoms with Crippen LogP contribution in [0.3, 0.4) is 0 Å². The molecule has 0 saturated carbocycles. The molecule has 0 radical (unpaired) electrons. The Kier molecular flexibility index (Phi) is 2.41. The predicted molar refractivity (Wildman–Crippen MR) is 56.9 cm³/mol. The predicted octanol–water partition coefficient (Wildman–Crippen LogP) is 1.74. The first kappa shape index (κ1) is 9.08. The number of hydrogen-bond donors (Lipinski definition) is 1. The monoisotopic (exact) mass is 206 g/mol. The molecule has 2 heterocycles. The third-order valence-electron chi connectivity index (χ3n) is 1.88. The van der Waals surface area contributed by atoms with Crippen LogP contribution in [0.5, 0.6) is 0 Å². The summed E-state index contributed by atoms with van der Waals surface area (Å²) in [6.45, 7) is 2.07. The Labute approximate surface area is 86.0 Å². The quantitative estimate of drug-likeness (QED) is 0.813. The van der Waals surface area contributed by atoms with E-state index in [1.807, 2.05) is 12.1 Å². The van der Waals surface area contributed by atoms with Gasteiger partial charge in [0.15, 0.2) is 0 Å². The fourth-order valence-corrected chi connectivity index (χ4v) is 1.69. The average molecular weight is 206 g/mol. The van der Waals surface area contributed by atoms with Crippen LogP contribution >= 0.6 is 11.5 Å². The third-order valence-corrected chi connectivity index (χ3v) is 2.65. The van der Waals surface area contributed by atoms with E-state index in [4.69, 9.17) is 5.73 Å². The van der Waals surface area contributed by atoms with Gasteiger partial charge in [-0.25, -0.2) is 0 Å². The highest BCUT2D eigenvalue weighted by molar-refractivity contribution is 7.09. The molecule has 4 nitrogen and oxygen atoms in total. The molecule has 0 atom stereocenters. The van der Waals surface area contributed by atoms with Crippen molar-refractivity contribution in [2.24, 2.45) is 0 Å². The lowest BCUT2D eigenvalue weighted by Crippen LogP contribution is -1.88. The van der Waals surface area contributed by atoms with Crippen molar-refractivity contribution < 1.29 is 0 Å². The minimum absolute atomic E-state index is 0.324. The van der Waals surface area contributed by atoms with Crippen LogP contribution < -0.4 is 5.73 Å². The zero-order valence-electron chi connectivity index (χ0n) is 7.77. The minimum atomic E-state index is 0.324.